The summed E-state index contributed by atoms with van der Waals surface area (Å²) in [6.45, 7) is 6.24. The van der Waals surface area contributed by atoms with E-state index in [1.807, 2.05) is 13.0 Å². The normalized spacial score (nSPS) is 10.3. The lowest BCUT2D eigenvalue weighted by molar-refractivity contribution is 0.610. The van der Waals surface area contributed by atoms with Crippen molar-refractivity contribution in [1.29, 1.82) is 5.26 Å². The number of nitrogens with two attached hydrogens (primary N) is 1. The van der Waals surface area contributed by atoms with E-state index in [-0.39, 0.29) is 42.0 Å². The first-order valence-corrected chi connectivity index (χ1v) is 5.39. The van der Waals surface area contributed by atoms with E-state index >= 15 is 0 Å². The van der Waals surface area contributed by atoms with Crippen LogP contribution in [-0.4, -0.2) is 12.5 Å². The Morgan fingerprint density at radius 2 is 2.26 bits per heavy atom. The fourth-order valence-electron chi connectivity index (χ4n) is 1.21. The maximum absolute atomic E-state index is 13.5. The van der Waals surface area contributed by atoms with Gasteiger partial charge in [0.25, 0.3) is 0 Å². The van der Waals surface area contributed by atoms with E-state index in [0.717, 1.165) is 5.57 Å². The number of nitriles is 1. The summed E-state index contributed by atoms with van der Waals surface area (Å²) >= 11 is 0. The van der Waals surface area contributed by atoms with Gasteiger partial charge in [-0.05, 0) is 19.1 Å². The van der Waals surface area contributed by atoms with Crippen LogP contribution in [0.4, 0.5) is 4.39 Å². The van der Waals surface area contributed by atoms with Gasteiger partial charge in [-0.2, -0.15) is 5.26 Å². The van der Waals surface area contributed by atoms with Crippen molar-refractivity contribution in [1.82, 2.24) is 5.32 Å². The molecule has 1 aromatic rings. The lowest BCUT2D eigenvalue weighted by atomic mass is 10.1. The minimum atomic E-state index is -0.453. The average Bonchev–Trinajstić information content (AvgIpc) is 2.34. The summed E-state index contributed by atoms with van der Waals surface area (Å²) in [6.07, 6.45) is 0. The summed E-state index contributed by atoms with van der Waals surface area (Å²) < 4.78 is 13.5. The van der Waals surface area contributed by atoms with Crippen LogP contribution in [0.1, 0.15) is 18.1 Å². The minimum absolute atomic E-state index is 0. The van der Waals surface area contributed by atoms with Crippen molar-refractivity contribution in [3.8, 4) is 6.07 Å². The van der Waals surface area contributed by atoms with Crippen LogP contribution in [0.3, 0.4) is 0 Å². The third-order valence-corrected chi connectivity index (χ3v) is 2.17. The second-order valence-electron chi connectivity index (χ2n) is 3.93. The number of nitrogens with zero attached hydrogens (tertiary/aromatic N) is 2. The number of guanidine groups is 1. The summed E-state index contributed by atoms with van der Waals surface area (Å²) in [4.78, 5) is 4.00. The Morgan fingerprint density at radius 1 is 1.58 bits per heavy atom. The zero-order valence-electron chi connectivity index (χ0n) is 10.6. The van der Waals surface area contributed by atoms with Crippen LogP contribution in [0.5, 0.6) is 0 Å². The highest BCUT2D eigenvalue weighted by molar-refractivity contribution is 14.0. The van der Waals surface area contributed by atoms with Gasteiger partial charge in [-0.3, -0.25) is 0 Å². The summed E-state index contributed by atoms with van der Waals surface area (Å²) in [5, 5.41) is 11.5. The van der Waals surface area contributed by atoms with Crippen molar-refractivity contribution in [2.24, 2.45) is 10.7 Å². The van der Waals surface area contributed by atoms with Crippen LogP contribution in [0.2, 0.25) is 0 Å². The monoisotopic (exact) mass is 374 g/mol. The van der Waals surface area contributed by atoms with Crippen LogP contribution >= 0.6 is 24.0 Å². The van der Waals surface area contributed by atoms with E-state index in [9.17, 15) is 4.39 Å². The van der Waals surface area contributed by atoms with Crippen molar-refractivity contribution >= 4 is 29.9 Å². The molecule has 1 aromatic carbocycles. The average molecular weight is 374 g/mol. The molecular formula is C13H16FIN4. The molecule has 4 nitrogen and oxygen atoms in total. The Hall–Kier alpha value is -1.62. The highest BCUT2D eigenvalue weighted by Gasteiger charge is 2.03. The van der Waals surface area contributed by atoms with E-state index in [1.54, 1.807) is 6.07 Å². The van der Waals surface area contributed by atoms with E-state index in [0.29, 0.717) is 12.1 Å². The molecular weight excluding hydrogens is 358 g/mol. The highest BCUT2D eigenvalue weighted by atomic mass is 127. The van der Waals surface area contributed by atoms with Gasteiger partial charge >= 0.3 is 0 Å². The Morgan fingerprint density at radius 3 is 2.79 bits per heavy atom. The zero-order chi connectivity index (χ0) is 13.5. The van der Waals surface area contributed by atoms with Crippen molar-refractivity contribution in [2.75, 3.05) is 6.54 Å². The molecule has 0 atom stereocenters. The maximum atomic E-state index is 13.5. The van der Waals surface area contributed by atoms with Crippen LogP contribution in [0.25, 0.3) is 0 Å². The van der Waals surface area contributed by atoms with Gasteiger partial charge in [0.2, 0.25) is 0 Å². The smallest absolute Gasteiger partial charge is 0.189 e. The van der Waals surface area contributed by atoms with Crippen molar-refractivity contribution in [3.05, 3.63) is 47.3 Å². The number of aliphatic imine (C=N–C) groups is 1. The standard InChI is InChI=1S/C13H15FN4.HI/c1-9(2)7-17-13(16)18-8-11-4-3-10(6-15)5-12(11)14;/h3-5H,1,7-8H2,2H3,(H3,16,17,18);1H. The Balaban J connectivity index is 0.00000324. The lowest BCUT2D eigenvalue weighted by Crippen LogP contribution is -2.32. The van der Waals surface area contributed by atoms with Gasteiger partial charge in [-0.25, -0.2) is 9.38 Å². The molecule has 0 saturated heterocycles. The molecule has 1 rings (SSSR count). The highest BCUT2D eigenvalue weighted by Crippen LogP contribution is 2.10. The molecule has 0 radical (unpaired) electrons. The van der Waals surface area contributed by atoms with Crippen LogP contribution in [0, 0.1) is 17.1 Å². The van der Waals surface area contributed by atoms with Gasteiger partial charge in [0, 0.05) is 12.1 Å². The second kappa shape index (κ2) is 8.48. The van der Waals surface area contributed by atoms with E-state index in [4.69, 9.17) is 11.0 Å². The summed E-state index contributed by atoms with van der Waals surface area (Å²) in [5.74, 6) is -0.215. The van der Waals surface area contributed by atoms with E-state index in [1.165, 1.54) is 12.1 Å². The van der Waals surface area contributed by atoms with E-state index < -0.39 is 5.82 Å². The topological polar surface area (TPSA) is 74.2 Å². The molecule has 0 fully saturated rings. The number of rotatable bonds is 4. The predicted molar refractivity (Wildman–Crippen MR) is 84.7 cm³/mol. The molecule has 3 N–H and O–H groups in total. The summed E-state index contributed by atoms with van der Waals surface area (Å²) in [6, 6.07) is 6.13. The largest absolute Gasteiger partial charge is 0.370 e. The SMILES string of the molecule is C=C(C)CNC(N)=NCc1ccc(C#N)cc1F.I. The fraction of sp³-hybridized carbons (Fsp3) is 0.231. The van der Waals surface area contributed by atoms with Gasteiger partial charge in [-0.15, -0.1) is 24.0 Å². The molecule has 0 amide bonds. The van der Waals surface area contributed by atoms with E-state index in [2.05, 4.69) is 16.9 Å². The van der Waals surface area contributed by atoms with Crippen molar-refractivity contribution < 1.29 is 4.39 Å². The maximum Gasteiger partial charge on any atom is 0.189 e. The Bertz CT molecular complexity index is 520. The summed E-state index contributed by atoms with van der Waals surface area (Å²) in [5.41, 5.74) is 7.21. The number of nitrogens with one attached hydrogen (secondary N) is 1. The molecule has 0 aliphatic carbocycles. The molecule has 0 bridgehead atoms. The molecule has 0 aliphatic heterocycles. The minimum Gasteiger partial charge on any atom is -0.370 e. The second-order valence-corrected chi connectivity index (χ2v) is 3.93. The predicted octanol–water partition coefficient (Wildman–Crippen LogP) is 2.30. The lowest BCUT2D eigenvalue weighted by Gasteiger charge is -2.05. The zero-order valence-corrected chi connectivity index (χ0v) is 12.9. The molecule has 0 aromatic heterocycles. The third-order valence-electron chi connectivity index (χ3n) is 2.17. The molecule has 19 heavy (non-hydrogen) atoms. The van der Waals surface area contributed by atoms with Crippen LogP contribution in [0.15, 0.2) is 35.3 Å². The first kappa shape index (κ1) is 17.4. The number of benzene rings is 1. The van der Waals surface area contributed by atoms with Crippen LogP contribution in [-0.2, 0) is 6.54 Å². The Labute approximate surface area is 129 Å². The van der Waals surface area contributed by atoms with Crippen molar-refractivity contribution in [3.63, 3.8) is 0 Å². The van der Waals surface area contributed by atoms with Gasteiger partial charge < -0.3 is 11.1 Å². The fourth-order valence-corrected chi connectivity index (χ4v) is 1.21. The third kappa shape index (κ3) is 6.20. The van der Waals surface area contributed by atoms with Crippen LogP contribution < -0.4 is 11.1 Å². The molecule has 102 valence electrons. The van der Waals surface area contributed by atoms with Gasteiger partial charge in [0.05, 0.1) is 18.2 Å². The summed E-state index contributed by atoms with van der Waals surface area (Å²) in [7, 11) is 0. The molecule has 0 saturated carbocycles. The van der Waals surface area contributed by atoms with Crippen molar-refractivity contribution in [2.45, 2.75) is 13.5 Å². The first-order chi connectivity index (χ1) is 8.52. The van der Waals surface area contributed by atoms with Gasteiger partial charge in [0.1, 0.15) is 5.82 Å². The number of halogens is 2. The quantitative estimate of drug-likeness (QED) is 0.368. The molecule has 0 aliphatic rings. The molecule has 0 heterocycles. The number of hydrogen-bond acceptors (Lipinski definition) is 2. The molecule has 6 heteroatoms. The first-order valence-electron chi connectivity index (χ1n) is 5.39. The Kier molecular flexibility index (Phi) is 7.75. The molecule has 0 spiro atoms. The van der Waals surface area contributed by atoms with Gasteiger partial charge in [0.15, 0.2) is 5.96 Å². The number of hydrogen-bond donors (Lipinski definition) is 2. The van der Waals surface area contributed by atoms with Gasteiger partial charge in [-0.1, -0.05) is 18.2 Å². The molecule has 0 unspecified atom stereocenters.